The highest BCUT2D eigenvalue weighted by Crippen LogP contribution is 2.29. The van der Waals surface area contributed by atoms with Gasteiger partial charge in [-0.3, -0.25) is 0 Å². The van der Waals surface area contributed by atoms with Gasteiger partial charge in [0.15, 0.2) is 5.82 Å². The van der Waals surface area contributed by atoms with E-state index < -0.39 is 0 Å². The molecule has 2 N–H and O–H groups in total. The molecule has 0 unspecified atom stereocenters. The Labute approximate surface area is 128 Å². The van der Waals surface area contributed by atoms with E-state index in [1.54, 1.807) is 6.33 Å². The topological polar surface area (TPSA) is 61.7 Å². The summed E-state index contributed by atoms with van der Waals surface area (Å²) in [5, 5.41) is 0.723. The van der Waals surface area contributed by atoms with E-state index in [2.05, 4.69) is 16.5 Å². The third-order valence-electron chi connectivity index (χ3n) is 3.41. The van der Waals surface area contributed by atoms with E-state index in [4.69, 9.17) is 22.3 Å². The zero-order valence-corrected chi connectivity index (χ0v) is 12.7. The van der Waals surface area contributed by atoms with Gasteiger partial charge in [-0.15, -0.1) is 0 Å². The zero-order valence-electron chi connectivity index (χ0n) is 12.0. The third-order valence-corrected chi connectivity index (χ3v) is 3.72. The Hall–Kier alpha value is -1.85. The number of halogens is 1. The number of benzene rings is 1. The van der Waals surface area contributed by atoms with Crippen molar-refractivity contribution in [3.63, 3.8) is 0 Å². The standard InChI is InChI=1S/C15H18ClN5/c1-2-7-21-14-11(16)4-3-5-12(14)19-15(21)13-9-20(8-6-17)10-18-13/h3-5,9-10H,2,6-8,17H2,1H3. The first-order valence-electron chi connectivity index (χ1n) is 7.11. The van der Waals surface area contributed by atoms with Crippen LogP contribution in [-0.4, -0.2) is 25.6 Å². The minimum Gasteiger partial charge on any atom is -0.335 e. The van der Waals surface area contributed by atoms with Crippen LogP contribution in [0, 0.1) is 0 Å². The van der Waals surface area contributed by atoms with Crippen LogP contribution in [0.3, 0.4) is 0 Å². The van der Waals surface area contributed by atoms with Gasteiger partial charge >= 0.3 is 0 Å². The fourth-order valence-electron chi connectivity index (χ4n) is 2.53. The highest BCUT2D eigenvalue weighted by Gasteiger charge is 2.16. The van der Waals surface area contributed by atoms with Crippen LogP contribution < -0.4 is 5.73 Å². The second kappa shape index (κ2) is 5.87. The first-order chi connectivity index (χ1) is 10.2. The zero-order chi connectivity index (χ0) is 14.8. The number of hydrogen-bond donors (Lipinski definition) is 1. The Kier molecular flexibility index (Phi) is 3.94. The van der Waals surface area contributed by atoms with Gasteiger partial charge in [-0.2, -0.15) is 0 Å². The van der Waals surface area contributed by atoms with Crippen LogP contribution in [-0.2, 0) is 13.1 Å². The van der Waals surface area contributed by atoms with Gasteiger partial charge in [0.05, 0.1) is 22.4 Å². The fourth-order valence-corrected chi connectivity index (χ4v) is 2.80. The molecular weight excluding hydrogens is 286 g/mol. The number of imidazole rings is 2. The summed E-state index contributed by atoms with van der Waals surface area (Å²) in [5.74, 6) is 0.857. The maximum atomic E-state index is 6.35. The monoisotopic (exact) mass is 303 g/mol. The van der Waals surface area contributed by atoms with E-state index in [1.165, 1.54) is 0 Å². The van der Waals surface area contributed by atoms with Gasteiger partial charge in [0.2, 0.25) is 0 Å². The summed E-state index contributed by atoms with van der Waals surface area (Å²) in [6.07, 6.45) is 4.78. The number of aryl methyl sites for hydroxylation is 1. The van der Waals surface area contributed by atoms with Crippen LogP contribution in [0.25, 0.3) is 22.6 Å². The van der Waals surface area contributed by atoms with E-state index in [9.17, 15) is 0 Å². The van der Waals surface area contributed by atoms with Crippen molar-refractivity contribution in [3.05, 3.63) is 35.7 Å². The van der Waals surface area contributed by atoms with Crippen LogP contribution in [0.5, 0.6) is 0 Å². The van der Waals surface area contributed by atoms with Gasteiger partial charge in [0, 0.05) is 25.8 Å². The molecule has 0 bridgehead atoms. The molecule has 0 saturated carbocycles. The Morgan fingerprint density at radius 1 is 1.29 bits per heavy atom. The molecule has 0 amide bonds. The van der Waals surface area contributed by atoms with Gasteiger partial charge in [-0.1, -0.05) is 24.6 Å². The van der Waals surface area contributed by atoms with Crippen molar-refractivity contribution in [1.82, 2.24) is 19.1 Å². The van der Waals surface area contributed by atoms with Gasteiger partial charge in [0.25, 0.3) is 0 Å². The first-order valence-corrected chi connectivity index (χ1v) is 7.49. The average molecular weight is 304 g/mol. The van der Waals surface area contributed by atoms with Crippen molar-refractivity contribution in [2.24, 2.45) is 5.73 Å². The molecule has 0 aliphatic rings. The predicted molar refractivity (Wildman–Crippen MR) is 85.3 cm³/mol. The maximum absolute atomic E-state index is 6.35. The van der Waals surface area contributed by atoms with Crippen LogP contribution in [0.15, 0.2) is 30.7 Å². The van der Waals surface area contributed by atoms with Gasteiger partial charge in [-0.05, 0) is 18.6 Å². The van der Waals surface area contributed by atoms with E-state index in [1.807, 2.05) is 29.0 Å². The van der Waals surface area contributed by atoms with Gasteiger partial charge < -0.3 is 14.9 Å². The molecular formula is C15H18ClN5. The molecule has 3 rings (SSSR count). The van der Waals surface area contributed by atoms with Crippen LogP contribution in [0.1, 0.15) is 13.3 Å². The molecule has 21 heavy (non-hydrogen) atoms. The lowest BCUT2D eigenvalue weighted by Crippen LogP contribution is -2.07. The number of nitrogens with two attached hydrogens (primary N) is 1. The molecule has 6 heteroatoms. The molecule has 2 aromatic heterocycles. The quantitative estimate of drug-likeness (QED) is 0.788. The number of hydrogen-bond acceptors (Lipinski definition) is 3. The molecule has 0 radical (unpaired) electrons. The van der Waals surface area contributed by atoms with E-state index in [0.29, 0.717) is 6.54 Å². The van der Waals surface area contributed by atoms with E-state index in [0.717, 1.165) is 47.1 Å². The number of para-hydroxylation sites is 1. The molecule has 0 spiro atoms. The van der Waals surface area contributed by atoms with E-state index in [-0.39, 0.29) is 0 Å². The Bertz CT molecular complexity index is 759. The summed E-state index contributed by atoms with van der Waals surface area (Å²) in [6.45, 7) is 4.34. The Morgan fingerprint density at radius 2 is 2.14 bits per heavy atom. The highest BCUT2D eigenvalue weighted by molar-refractivity contribution is 6.35. The lowest BCUT2D eigenvalue weighted by molar-refractivity contribution is 0.700. The van der Waals surface area contributed by atoms with Crippen molar-refractivity contribution >= 4 is 22.6 Å². The fraction of sp³-hybridized carbons (Fsp3) is 0.333. The number of fused-ring (bicyclic) bond motifs is 1. The summed E-state index contributed by atoms with van der Waals surface area (Å²) in [7, 11) is 0. The minimum absolute atomic E-state index is 0.590. The maximum Gasteiger partial charge on any atom is 0.161 e. The molecule has 1 aromatic carbocycles. The normalized spacial score (nSPS) is 11.4. The summed E-state index contributed by atoms with van der Waals surface area (Å²) in [4.78, 5) is 9.16. The number of rotatable bonds is 5. The molecule has 0 aliphatic carbocycles. The van der Waals surface area contributed by atoms with Crippen molar-refractivity contribution in [1.29, 1.82) is 0 Å². The predicted octanol–water partition coefficient (Wildman–Crippen LogP) is 2.92. The Balaban J connectivity index is 2.16. The lowest BCUT2D eigenvalue weighted by atomic mass is 10.3. The molecule has 0 fully saturated rings. The third kappa shape index (κ3) is 2.54. The van der Waals surface area contributed by atoms with Crippen LogP contribution in [0.4, 0.5) is 0 Å². The molecule has 2 heterocycles. The molecule has 0 atom stereocenters. The van der Waals surface area contributed by atoms with Gasteiger partial charge in [-0.25, -0.2) is 9.97 Å². The molecule has 3 aromatic rings. The summed E-state index contributed by atoms with van der Waals surface area (Å²) >= 11 is 6.35. The smallest absolute Gasteiger partial charge is 0.161 e. The summed E-state index contributed by atoms with van der Waals surface area (Å²) in [6, 6.07) is 5.80. The summed E-state index contributed by atoms with van der Waals surface area (Å²) in [5.41, 5.74) is 8.31. The number of aromatic nitrogens is 4. The highest BCUT2D eigenvalue weighted by atomic mass is 35.5. The second-order valence-corrected chi connectivity index (χ2v) is 5.39. The Morgan fingerprint density at radius 3 is 2.90 bits per heavy atom. The molecule has 0 aliphatic heterocycles. The van der Waals surface area contributed by atoms with Crippen molar-refractivity contribution < 1.29 is 0 Å². The van der Waals surface area contributed by atoms with Crippen molar-refractivity contribution in [3.8, 4) is 11.5 Å². The molecule has 5 nitrogen and oxygen atoms in total. The molecule has 110 valence electrons. The van der Waals surface area contributed by atoms with E-state index >= 15 is 0 Å². The van der Waals surface area contributed by atoms with Crippen LogP contribution in [0.2, 0.25) is 5.02 Å². The first kappa shape index (κ1) is 14.1. The largest absolute Gasteiger partial charge is 0.335 e. The lowest BCUT2D eigenvalue weighted by Gasteiger charge is -2.06. The summed E-state index contributed by atoms with van der Waals surface area (Å²) < 4.78 is 4.12. The van der Waals surface area contributed by atoms with Gasteiger partial charge in [0.1, 0.15) is 5.69 Å². The second-order valence-electron chi connectivity index (χ2n) is 4.98. The van der Waals surface area contributed by atoms with Crippen molar-refractivity contribution in [2.45, 2.75) is 26.4 Å². The number of nitrogens with zero attached hydrogens (tertiary/aromatic N) is 4. The van der Waals surface area contributed by atoms with Crippen LogP contribution >= 0.6 is 11.6 Å². The molecule has 0 saturated heterocycles. The van der Waals surface area contributed by atoms with Crippen molar-refractivity contribution in [2.75, 3.05) is 6.54 Å². The average Bonchev–Trinajstić information content (AvgIpc) is 3.05. The minimum atomic E-state index is 0.590. The SMILES string of the molecule is CCCn1c(-c2cn(CCN)cn2)nc2cccc(Cl)c21.